The molecule has 0 atom stereocenters. The molecule has 3 rings (SSSR count). The number of nitrogens with two attached hydrogens (primary N) is 1. The third-order valence-corrected chi connectivity index (χ3v) is 4.70. The lowest BCUT2D eigenvalue weighted by Gasteiger charge is -2.07. The molecule has 0 unspecified atom stereocenters. The first-order valence-electron chi connectivity index (χ1n) is 6.11. The average molecular weight is 293 g/mol. The van der Waals surface area contributed by atoms with Gasteiger partial charge in [0.1, 0.15) is 0 Å². The molecule has 2 aromatic rings. The lowest BCUT2D eigenvalue weighted by atomic mass is 10.2. The number of hydrogen-bond donors (Lipinski definition) is 2. The highest BCUT2D eigenvalue weighted by atomic mass is 35.5. The van der Waals surface area contributed by atoms with Crippen molar-refractivity contribution in [1.29, 1.82) is 0 Å². The molecule has 0 saturated heterocycles. The number of carbonyl (C=O) groups is 1. The maximum atomic E-state index is 12.2. The summed E-state index contributed by atoms with van der Waals surface area (Å²) in [4.78, 5) is 14.3. The molecular formula is C14H13ClN2OS. The summed E-state index contributed by atoms with van der Waals surface area (Å²) in [5.41, 5.74) is 8.22. The predicted molar refractivity (Wildman–Crippen MR) is 80.2 cm³/mol. The first kappa shape index (κ1) is 12.5. The largest absolute Gasteiger partial charge is 0.397 e. The van der Waals surface area contributed by atoms with E-state index < -0.39 is 0 Å². The number of halogens is 1. The van der Waals surface area contributed by atoms with E-state index in [1.54, 1.807) is 29.5 Å². The topological polar surface area (TPSA) is 55.1 Å². The van der Waals surface area contributed by atoms with E-state index in [1.807, 2.05) is 6.07 Å². The number of hydrogen-bond acceptors (Lipinski definition) is 3. The quantitative estimate of drug-likeness (QED) is 0.829. The number of thiophene rings is 1. The molecule has 3 N–H and O–H groups in total. The van der Waals surface area contributed by atoms with Gasteiger partial charge in [-0.05, 0) is 49.1 Å². The van der Waals surface area contributed by atoms with Gasteiger partial charge in [0, 0.05) is 9.90 Å². The molecule has 1 heterocycles. The second-order valence-corrected chi connectivity index (χ2v) is 6.17. The monoisotopic (exact) mass is 292 g/mol. The van der Waals surface area contributed by atoms with Gasteiger partial charge in [-0.25, -0.2) is 0 Å². The van der Waals surface area contributed by atoms with Crippen LogP contribution in [0.5, 0.6) is 0 Å². The second-order valence-electron chi connectivity index (χ2n) is 4.60. The molecule has 0 spiro atoms. The predicted octanol–water partition coefficient (Wildman–Crippen LogP) is 3.72. The van der Waals surface area contributed by atoms with Crippen molar-refractivity contribution in [2.24, 2.45) is 0 Å². The van der Waals surface area contributed by atoms with Crippen LogP contribution in [-0.2, 0) is 12.8 Å². The Bertz CT molecular complexity index is 629. The van der Waals surface area contributed by atoms with Gasteiger partial charge in [-0.1, -0.05) is 11.6 Å². The van der Waals surface area contributed by atoms with Crippen molar-refractivity contribution < 1.29 is 4.79 Å². The molecule has 5 heteroatoms. The van der Waals surface area contributed by atoms with Gasteiger partial charge >= 0.3 is 0 Å². The van der Waals surface area contributed by atoms with Gasteiger partial charge < -0.3 is 11.1 Å². The zero-order valence-corrected chi connectivity index (χ0v) is 11.8. The van der Waals surface area contributed by atoms with E-state index in [9.17, 15) is 4.79 Å². The van der Waals surface area contributed by atoms with Crippen molar-refractivity contribution in [3.8, 4) is 0 Å². The minimum absolute atomic E-state index is 0.103. The highest BCUT2D eigenvalue weighted by molar-refractivity contribution is 7.14. The van der Waals surface area contributed by atoms with Crippen molar-refractivity contribution in [3.05, 3.63) is 44.6 Å². The second kappa shape index (κ2) is 4.87. The highest BCUT2D eigenvalue weighted by Crippen LogP contribution is 2.31. The van der Waals surface area contributed by atoms with E-state index in [0.717, 1.165) is 17.7 Å². The van der Waals surface area contributed by atoms with Crippen LogP contribution in [0.15, 0.2) is 24.3 Å². The fourth-order valence-corrected chi connectivity index (χ4v) is 3.60. The third kappa shape index (κ3) is 2.46. The molecule has 19 heavy (non-hydrogen) atoms. The summed E-state index contributed by atoms with van der Waals surface area (Å²) in [5.74, 6) is -0.103. The fourth-order valence-electron chi connectivity index (χ4n) is 2.27. The van der Waals surface area contributed by atoms with E-state index in [4.69, 9.17) is 17.3 Å². The number of nitrogens with one attached hydrogen (secondary N) is 1. The van der Waals surface area contributed by atoms with E-state index in [-0.39, 0.29) is 5.91 Å². The summed E-state index contributed by atoms with van der Waals surface area (Å²) < 4.78 is 0. The Hall–Kier alpha value is -1.52. The molecule has 1 aliphatic rings. The number of benzene rings is 1. The molecule has 1 aromatic heterocycles. The van der Waals surface area contributed by atoms with Crippen LogP contribution < -0.4 is 11.1 Å². The lowest BCUT2D eigenvalue weighted by molar-refractivity contribution is 0.103. The first-order valence-corrected chi connectivity index (χ1v) is 7.31. The molecule has 1 aromatic carbocycles. The van der Waals surface area contributed by atoms with Crippen molar-refractivity contribution in [1.82, 2.24) is 0 Å². The van der Waals surface area contributed by atoms with Crippen molar-refractivity contribution in [3.63, 3.8) is 0 Å². The van der Waals surface area contributed by atoms with Gasteiger partial charge in [0.15, 0.2) is 0 Å². The molecule has 98 valence electrons. The van der Waals surface area contributed by atoms with Gasteiger partial charge in [-0.15, -0.1) is 11.3 Å². The van der Waals surface area contributed by atoms with Gasteiger partial charge in [-0.3, -0.25) is 4.79 Å². The van der Waals surface area contributed by atoms with Crippen LogP contribution in [-0.4, -0.2) is 5.91 Å². The number of rotatable bonds is 2. The van der Waals surface area contributed by atoms with Gasteiger partial charge in [0.25, 0.3) is 5.91 Å². The smallest absolute Gasteiger partial charge is 0.265 e. The number of anilines is 2. The summed E-state index contributed by atoms with van der Waals surface area (Å²) in [6, 6.07) is 7.05. The maximum absolute atomic E-state index is 12.2. The van der Waals surface area contributed by atoms with E-state index in [2.05, 4.69) is 5.32 Å². The Balaban J connectivity index is 1.80. The SMILES string of the molecule is Nc1cc(Cl)ccc1NC(=O)c1cc2c(s1)CCC2. The third-order valence-electron chi connectivity index (χ3n) is 3.23. The number of nitrogen functional groups attached to an aromatic ring is 1. The van der Waals surface area contributed by atoms with Crippen LogP contribution in [0.2, 0.25) is 5.02 Å². The Kier molecular flexibility index (Phi) is 3.21. The van der Waals surface area contributed by atoms with Crippen LogP contribution in [0.3, 0.4) is 0 Å². The van der Waals surface area contributed by atoms with E-state index in [0.29, 0.717) is 16.4 Å². The summed E-state index contributed by atoms with van der Waals surface area (Å²) in [7, 11) is 0. The number of fused-ring (bicyclic) bond motifs is 1. The summed E-state index contributed by atoms with van der Waals surface area (Å²) in [6.07, 6.45) is 3.38. The molecule has 0 aliphatic heterocycles. The number of carbonyl (C=O) groups excluding carboxylic acids is 1. The Morgan fingerprint density at radius 1 is 1.32 bits per heavy atom. The Morgan fingerprint density at radius 2 is 2.16 bits per heavy atom. The van der Waals surface area contributed by atoms with Crippen LogP contribution in [0.1, 0.15) is 26.5 Å². The van der Waals surface area contributed by atoms with Crippen molar-refractivity contribution >= 4 is 40.2 Å². The number of aryl methyl sites for hydroxylation is 2. The molecule has 3 nitrogen and oxygen atoms in total. The van der Waals surface area contributed by atoms with Crippen molar-refractivity contribution in [2.45, 2.75) is 19.3 Å². The molecule has 1 amide bonds. The molecular weight excluding hydrogens is 280 g/mol. The Morgan fingerprint density at radius 3 is 2.89 bits per heavy atom. The zero-order valence-electron chi connectivity index (χ0n) is 10.2. The van der Waals surface area contributed by atoms with Gasteiger partial charge in [0.2, 0.25) is 0 Å². The minimum atomic E-state index is -0.103. The van der Waals surface area contributed by atoms with Crippen LogP contribution in [0, 0.1) is 0 Å². The average Bonchev–Trinajstić information content (AvgIpc) is 2.93. The fraction of sp³-hybridized carbons (Fsp3) is 0.214. The van der Waals surface area contributed by atoms with Crippen LogP contribution >= 0.6 is 22.9 Å². The van der Waals surface area contributed by atoms with E-state index in [1.165, 1.54) is 16.9 Å². The lowest BCUT2D eigenvalue weighted by Crippen LogP contribution is -2.11. The minimum Gasteiger partial charge on any atom is -0.397 e. The first-order chi connectivity index (χ1) is 9.13. The summed E-state index contributed by atoms with van der Waals surface area (Å²) in [6.45, 7) is 0. The molecule has 0 saturated carbocycles. The van der Waals surface area contributed by atoms with Gasteiger partial charge in [-0.2, -0.15) is 0 Å². The number of amides is 1. The normalized spacial score (nSPS) is 13.3. The molecule has 0 radical (unpaired) electrons. The standard InChI is InChI=1S/C14H13ClN2OS/c15-9-4-5-11(10(16)7-9)17-14(18)13-6-8-2-1-3-12(8)19-13/h4-7H,1-3,16H2,(H,17,18). The Labute approximate surface area is 120 Å². The summed E-state index contributed by atoms with van der Waals surface area (Å²) in [5, 5.41) is 3.39. The molecule has 0 bridgehead atoms. The van der Waals surface area contributed by atoms with Gasteiger partial charge in [0.05, 0.1) is 16.3 Å². The molecule has 1 aliphatic carbocycles. The zero-order chi connectivity index (χ0) is 13.4. The van der Waals surface area contributed by atoms with Crippen LogP contribution in [0.4, 0.5) is 11.4 Å². The van der Waals surface area contributed by atoms with Crippen molar-refractivity contribution in [2.75, 3.05) is 11.1 Å². The van der Waals surface area contributed by atoms with E-state index >= 15 is 0 Å². The van der Waals surface area contributed by atoms with Crippen LogP contribution in [0.25, 0.3) is 0 Å². The molecule has 0 fully saturated rings. The highest BCUT2D eigenvalue weighted by Gasteiger charge is 2.18. The maximum Gasteiger partial charge on any atom is 0.265 e. The summed E-state index contributed by atoms with van der Waals surface area (Å²) >= 11 is 7.41.